The number of fused-ring (bicyclic) bond motifs is 1. The molecule has 4 nitrogen and oxygen atoms in total. The molecule has 0 bridgehead atoms. The summed E-state index contributed by atoms with van der Waals surface area (Å²) in [6.45, 7) is 2.84. The number of hydrogen-bond acceptors (Lipinski definition) is 3. The number of aryl methyl sites for hydroxylation is 1. The first-order valence-corrected chi connectivity index (χ1v) is 7.35. The van der Waals surface area contributed by atoms with Crippen molar-refractivity contribution < 1.29 is 4.79 Å². The van der Waals surface area contributed by atoms with Crippen LogP contribution in [-0.4, -0.2) is 56.5 Å². The molecule has 0 aromatic heterocycles. The monoisotopic (exact) mass is 275 g/mol. The second kappa shape index (κ2) is 6.75. The van der Waals surface area contributed by atoms with Crippen molar-refractivity contribution in [1.29, 1.82) is 0 Å². The van der Waals surface area contributed by atoms with E-state index >= 15 is 0 Å². The lowest BCUT2D eigenvalue weighted by atomic mass is 10.0. The average molecular weight is 275 g/mol. The second-order valence-corrected chi connectivity index (χ2v) is 5.79. The van der Waals surface area contributed by atoms with Gasteiger partial charge < -0.3 is 15.1 Å². The van der Waals surface area contributed by atoms with Crippen LogP contribution in [0, 0.1) is 0 Å². The fourth-order valence-corrected chi connectivity index (χ4v) is 2.55. The number of hydrogen-bond donors (Lipinski definition) is 1. The topological polar surface area (TPSA) is 35.6 Å². The Hall–Kier alpha value is -1.55. The highest BCUT2D eigenvalue weighted by Crippen LogP contribution is 2.23. The Balaban J connectivity index is 1.98. The molecule has 1 N–H and O–H groups in total. The summed E-state index contributed by atoms with van der Waals surface area (Å²) in [5, 5.41) is 3.37. The Kier molecular flexibility index (Phi) is 5.01. The predicted octanol–water partition coefficient (Wildman–Crippen LogP) is 2.07. The number of amides is 1. The maximum Gasteiger partial charge on any atom is 0.253 e. The summed E-state index contributed by atoms with van der Waals surface area (Å²) in [5.74, 6) is 0.122. The second-order valence-electron chi connectivity index (χ2n) is 5.79. The normalized spacial score (nSPS) is 13.8. The molecule has 0 saturated heterocycles. The first-order chi connectivity index (χ1) is 9.58. The first-order valence-electron chi connectivity index (χ1n) is 7.35. The van der Waals surface area contributed by atoms with Crippen LogP contribution in [0.3, 0.4) is 0 Å². The Morgan fingerprint density at radius 2 is 2.05 bits per heavy atom. The number of anilines is 1. The highest BCUT2D eigenvalue weighted by molar-refractivity contribution is 5.94. The molecule has 0 radical (unpaired) electrons. The molecule has 2 rings (SSSR count). The highest BCUT2D eigenvalue weighted by atomic mass is 16.2. The zero-order valence-electron chi connectivity index (χ0n) is 12.8. The van der Waals surface area contributed by atoms with Crippen LogP contribution < -0.4 is 5.32 Å². The highest BCUT2D eigenvalue weighted by Gasteiger charge is 2.15. The van der Waals surface area contributed by atoms with Gasteiger partial charge in [-0.1, -0.05) is 0 Å². The van der Waals surface area contributed by atoms with E-state index in [0.29, 0.717) is 0 Å². The molecule has 1 aromatic rings. The molecule has 1 aliphatic heterocycles. The number of carbonyl (C=O) groups excluding carboxylic acids is 1. The molecule has 0 aliphatic carbocycles. The van der Waals surface area contributed by atoms with Crippen LogP contribution in [0.25, 0.3) is 0 Å². The molecule has 20 heavy (non-hydrogen) atoms. The summed E-state index contributed by atoms with van der Waals surface area (Å²) < 4.78 is 0. The minimum atomic E-state index is 0.122. The van der Waals surface area contributed by atoms with Crippen LogP contribution in [0.2, 0.25) is 0 Å². The first kappa shape index (κ1) is 14.9. The van der Waals surface area contributed by atoms with Gasteiger partial charge in [-0.3, -0.25) is 4.79 Å². The Labute approximate surface area is 121 Å². The van der Waals surface area contributed by atoms with E-state index in [4.69, 9.17) is 0 Å². The molecule has 0 atom stereocenters. The van der Waals surface area contributed by atoms with Crippen LogP contribution in [-0.2, 0) is 6.42 Å². The van der Waals surface area contributed by atoms with Crippen molar-refractivity contribution in [3.63, 3.8) is 0 Å². The van der Waals surface area contributed by atoms with Crippen molar-refractivity contribution in [2.24, 2.45) is 0 Å². The number of rotatable bonds is 5. The zero-order valence-corrected chi connectivity index (χ0v) is 12.8. The lowest BCUT2D eigenvalue weighted by Crippen LogP contribution is -2.30. The van der Waals surface area contributed by atoms with Crippen molar-refractivity contribution in [2.75, 3.05) is 46.1 Å². The third-order valence-corrected chi connectivity index (χ3v) is 3.74. The SMILES string of the molecule is CN(C)CCCN(C)C(=O)c1ccc2c(c1)CCCN2. The van der Waals surface area contributed by atoms with E-state index in [0.717, 1.165) is 44.5 Å². The van der Waals surface area contributed by atoms with Gasteiger partial charge in [0.2, 0.25) is 0 Å². The fourth-order valence-electron chi connectivity index (χ4n) is 2.55. The molecule has 1 heterocycles. The lowest BCUT2D eigenvalue weighted by molar-refractivity contribution is 0.0790. The van der Waals surface area contributed by atoms with Gasteiger partial charge in [-0.15, -0.1) is 0 Å². The van der Waals surface area contributed by atoms with Gasteiger partial charge in [0.15, 0.2) is 0 Å². The largest absolute Gasteiger partial charge is 0.385 e. The van der Waals surface area contributed by atoms with E-state index in [-0.39, 0.29) is 5.91 Å². The van der Waals surface area contributed by atoms with Crippen LogP contribution in [0.5, 0.6) is 0 Å². The van der Waals surface area contributed by atoms with Gasteiger partial charge >= 0.3 is 0 Å². The van der Waals surface area contributed by atoms with E-state index in [1.54, 1.807) is 0 Å². The molecule has 1 aromatic carbocycles. The summed E-state index contributed by atoms with van der Waals surface area (Å²) in [6.07, 6.45) is 3.21. The Morgan fingerprint density at radius 3 is 2.80 bits per heavy atom. The van der Waals surface area contributed by atoms with Crippen molar-refractivity contribution >= 4 is 11.6 Å². The number of carbonyl (C=O) groups is 1. The third-order valence-electron chi connectivity index (χ3n) is 3.74. The van der Waals surface area contributed by atoms with Crippen LogP contribution >= 0.6 is 0 Å². The molecule has 1 amide bonds. The van der Waals surface area contributed by atoms with E-state index in [2.05, 4.69) is 24.3 Å². The summed E-state index contributed by atoms with van der Waals surface area (Å²) in [7, 11) is 5.99. The van der Waals surface area contributed by atoms with Crippen LogP contribution in [0.15, 0.2) is 18.2 Å². The van der Waals surface area contributed by atoms with Gasteiger partial charge in [0.25, 0.3) is 5.91 Å². The molecule has 0 unspecified atom stereocenters. The third kappa shape index (κ3) is 3.73. The lowest BCUT2D eigenvalue weighted by Gasteiger charge is -2.21. The van der Waals surface area contributed by atoms with E-state index in [1.165, 1.54) is 11.3 Å². The molecule has 4 heteroatoms. The standard InChI is InChI=1S/C16H25N3O/c1-18(2)10-5-11-19(3)16(20)14-7-8-15-13(12-14)6-4-9-17-15/h7-8,12,17H,4-6,9-11H2,1-3H3. The van der Waals surface area contributed by atoms with E-state index in [9.17, 15) is 4.79 Å². The maximum absolute atomic E-state index is 12.4. The fraction of sp³-hybridized carbons (Fsp3) is 0.562. The average Bonchev–Trinajstić information content (AvgIpc) is 2.45. The van der Waals surface area contributed by atoms with Crippen molar-refractivity contribution in [2.45, 2.75) is 19.3 Å². The molecule has 0 spiro atoms. The van der Waals surface area contributed by atoms with Crippen molar-refractivity contribution in [3.8, 4) is 0 Å². The maximum atomic E-state index is 12.4. The van der Waals surface area contributed by atoms with Gasteiger partial charge in [0, 0.05) is 31.4 Å². The predicted molar refractivity (Wildman–Crippen MR) is 83.4 cm³/mol. The van der Waals surface area contributed by atoms with Crippen molar-refractivity contribution in [1.82, 2.24) is 9.80 Å². The minimum absolute atomic E-state index is 0.122. The summed E-state index contributed by atoms with van der Waals surface area (Å²) in [4.78, 5) is 16.4. The summed E-state index contributed by atoms with van der Waals surface area (Å²) in [6, 6.07) is 6.02. The van der Waals surface area contributed by atoms with Crippen molar-refractivity contribution in [3.05, 3.63) is 29.3 Å². The molecule has 0 fully saturated rings. The van der Waals surface area contributed by atoms with Gasteiger partial charge in [-0.25, -0.2) is 0 Å². The number of benzene rings is 1. The Bertz CT molecular complexity index is 471. The van der Waals surface area contributed by atoms with Gasteiger partial charge in [-0.2, -0.15) is 0 Å². The number of nitrogens with one attached hydrogen (secondary N) is 1. The summed E-state index contributed by atoms with van der Waals surface area (Å²) >= 11 is 0. The summed E-state index contributed by atoms with van der Waals surface area (Å²) in [5.41, 5.74) is 3.26. The smallest absolute Gasteiger partial charge is 0.253 e. The minimum Gasteiger partial charge on any atom is -0.385 e. The molecular weight excluding hydrogens is 250 g/mol. The van der Waals surface area contributed by atoms with Gasteiger partial charge in [0.05, 0.1) is 0 Å². The quantitative estimate of drug-likeness (QED) is 0.893. The van der Waals surface area contributed by atoms with Crippen LogP contribution in [0.4, 0.5) is 5.69 Å². The molecule has 0 saturated carbocycles. The molecule has 110 valence electrons. The molecular formula is C16H25N3O. The molecule has 1 aliphatic rings. The zero-order chi connectivity index (χ0) is 14.5. The van der Waals surface area contributed by atoms with Crippen LogP contribution in [0.1, 0.15) is 28.8 Å². The Morgan fingerprint density at radius 1 is 1.25 bits per heavy atom. The van der Waals surface area contributed by atoms with Gasteiger partial charge in [0.1, 0.15) is 0 Å². The van der Waals surface area contributed by atoms with Gasteiger partial charge in [-0.05, 0) is 63.7 Å². The van der Waals surface area contributed by atoms with E-state index in [1.807, 2.05) is 30.1 Å². The van der Waals surface area contributed by atoms with E-state index < -0.39 is 0 Å². The number of nitrogens with zero attached hydrogens (tertiary/aromatic N) is 2.